The van der Waals surface area contributed by atoms with Crippen LogP contribution in [0.15, 0.2) is 12.7 Å². The number of ether oxygens (including phenoxy) is 1. The molecule has 1 aliphatic heterocycles. The van der Waals surface area contributed by atoms with Gasteiger partial charge in [0, 0.05) is 6.42 Å². The quantitative estimate of drug-likeness (QED) is 0.329. The fourth-order valence-corrected chi connectivity index (χ4v) is 4.63. The number of nitrogens with zero attached hydrogens (tertiary/aromatic N) is 4. The van der Waals surface area contributed by atoms with E-state index in [0.29, 0.717) is 29.1 Å². The zero-order valence-corrected chi connectivity index (χ0v) is 15.5. The maximum absolute atomic E-state index is 10.8. The van der Waals surface area contributed by atoms with Crippen LogP contribution in [-0.4, -0.2) is 82.9 Å². The van der Waals surface area contributed by atoms with Gasteiger partial charge in [0.05, 0.1) is 12.6 Å². The number of carbonyl (C=O) groups is 1. The maximum Gasteiger partial charge on any atom is 0.320 e. The second-order valence-corrected chi connectivity index (χ2v) is 8.82. The summed E-state index contributed by atoms with van der Waals surface area (Å²) in [5.74, 6) is 0.254. The minimum absolute atomic E-state index is 0.216. The number of nitrogen functional groups attached to an aromatic ring is 1. The van der Waals surface area contributed by atoms with Crippen LogP contribution in [0.5, 0.6) is 0 Å². The summed E-state index contributed by atoms with van der Waals surface area (Å²) in [6.45, 7) is 0. The number of hydrogen-bond donors (Lipinski definition) is 5. The van der Waals surface area contributed by atoms with Crippen molar-refractivity contribution in [2.75, 3.05) is 23.5 Å². The van der Waals surface area contributed by atoms with Gasteiger partial charge in [-0.25, -0.2) is 15.0 Å². The minimum Gasteiger partial charge on any atom is -0.480 e. The molecule has 0 unspecified atom stereocenters. The molecular formula is C15H23N6O5S+. The van der Waals surface area contributed by atoms with Gasteiger partial charge in [-0.2, -0.15) is 0 Å². The molecule has 0 bridgehead atoms. The van der Waals surface area contributed by atoms with E-state index in [0.717, 1.165) is 0 Å². The smallest absolute Gasteiger partial charge is 0.320 e. The predicted molar refractivity (Wildman–Crippen MR) is 98.9 cm³/mol. The van der Waals surface area contributed by atoms with E-state index in [1.165, 1.54) is 17.2 Å². The topological polar surface area (TPSA) is 183 Å². The lowest BCUT2D eigenvalue weighted by Gasteiger charge is -2.16. The molecule has 2 aromatic heterocycles. The van der Waals surface area contributed by atoms with E-state index in [1.54, 1.807) is 0 Å². The highest BCUT2D eigenvalue weighted by atomic mass is 32.2. The normalized spacial score (nSPS) is 27.7. The Kier molecular flexibility index (Phi) is 5.81. The minimum atomic E-state index is -1.16. The van der Waals surface area contributed by atoms with Gasteiger partial charge in [0.2, 0.25) is 0 Å². The van der Waals surface area contributed by atoms with Gasteiger partial charge in [0.15, 0.2) is 17.7 Å². The highest BCUT2D eigenvalue weighted by Gasteiger charge is 2.46. The van der Waals surface area contributed by atoms with Gasteiger partial charge in [-0.15, -0.1) is 0 Å². The van der Waals surface area contributed by atoms with Crippen molar-refractivity contribution in [3.8, 4) is 0 Å². The molecular weight excluding hydrogens is 376 g/mol. The molecule has 27 heavy (non-hydrogen) atoms. The van der Waals surface area contributed by atoms with E-state index in [9.17, 15) is 15.0 Å². The van der Waals surface area contributed by atoms with Crippen LogP contribution in [0, 0.1) is 0 Å². The summed E-state index contributed by atoms with van der Waals surface area (Å²) in [6, 6.07) is -0.907. The first-order valence-corrected chi connectivity index (χ1v) is 10.3. The third kappa shape index (κ3) is 3.99. The monoisotopic (exact) mass is 399 g/mol. The number of fused-ring (bicyclic) bond motifs is 1. The Morgan fingerprint density at radius 3 is 2.81 bits per heavy atom. The molecule has 0 aromatic carbocycles. The second-order valence-electron chi connectivity index (χ2n) is 6.51. The van der Waals surface area contributed by atoms with Crippen LogP contribution in [0.1, 0.15) is 12.6 Å². The Morgan fingerprint density at radius 2 is 2.11 bits per heavy atom. The van der Waals surface area contributed by atoms with Crippen LogP contribution in [-0.2, 0) is 20.4 Å². The lowest BCUT2D eigenvalue weighted by Crippen LogP contribution is -2.37. The average molecular weight is 399 g/mol. The first kappa shape index (κ1) is 19.8. The van der Waals surface area contributed by atoms with Crippen LogP contribution >= 0.6 is 0 Å². The number of imidazole rings is 1. The van der Waals surface area contributed by atoms with Gasteiger partial charge in [-0.1, -0.05) is 0 Å². The van der Waals surface area contributed by atoms with Gasteiger partial charge in [0.25, 0.3) is 0 Å². The zero-order valence-electron chi connectivity index (χ0n) is 14.7. The van der Waals surface area contributed by atoms with Gasteiger partial charge in [-0.3, -0.25) is 9.36 Å². The number of hydrogen-bond acceptors (Lipinski definition) is 9. The number of aliphatic hydroxyl groups excluding tert-OH is 2. The SMILES string of the molecule is C[S@@+](CC[C@H](N)C(=O)O)C[C@H]1O[C@@H](n2cnc3c(N)ncnc32)[C@H](O)[C@@H]1O. The number of nitrogens with two attached hydrogens (primary N) is 2. The van der Waals surface area contributed by atoms with Gasteiger partial charge >= 0.3 is 5.97 Å². The van der Waals surface area contributed by atoms with Crippen LogP contribution in [0.25, 0.3) is 11.2 Å². The Bertz CT molecular complexity index is 819. The zero-order chi connectivity index (χ0) is 19.7. The summed E-state index contributed by atoms with van der Waals surface area (Å²) in [5.41, 5.74) is 12.1. The number of aromatic nitrogens is 4. The van der Waals surface area contributed by atoms with Crippen LogP contribution in [0.2, 0.25) is 0 Å². The molecule has 0 spiro atoms. The van der Waals surface area contributed by atoms with Gasteiger partial charge in [0.1, 0.15) is 47.7 Å². The Labute approximate surface area is 157 Å². The van der Waals surface area contributed by atoms with Crippen LogP contribution in [0.3, 0.4) is 0 Å². The third-order valence-electron chi connectivity index (χ3n) is 4.54. The molecule has 1 aliphatic rings. The molecule has 0 radical (unpaired) electrons. The molecule has 0 amide bonds. The molecule has 1 fully saturated rings. The van der Waals surface area contributed by atoms with Crippen molar-refractivity contribution in [2.24, 2.45) is 5.73 Å². The molecule has 0 aliphatic carbocycles. The summed E-state index contributed by atoms with van der Waals surface area (Å²) in [4.78, 5) is 23.0. The van der Waals surface area contributed by atoms with E-state index < -0.39 is 36.6 Å². The fraction of sp³-hybridized carbons (Fsp3) is 0.600. The van der Waals surface area contributed by atoms with E-state index in [4.69, 9.17) is 21.3 Å². The predicted octanol–water partition coefficient (Wildman–Crippen LogP) is -1.92. The fourth-order valence-electron chi connectivity index (χ4n) is 2.97. The number of carboxylic acid groups (broad SMARTS) is 1. The Morgan fingerprint density at radius 1 is 1.37 bits per heavy atom. The summed E-state index contributed by atoms with van der Waals surface area (Å²) in [6.07, 6.45) is 1.31. The largest absolute Gasteiger partial charge is 0.480 e. The van der Waals surface area contributed by atoms with Crippen molar-refractivity contribution in [3.63, 3.8) is 0 Å². The Hall–Kier alpha value is -1.99. The van der Waals surface area contributed by atoms with Gasteiger partial charge in [-0.05, 0) is 10.9 Å². The molecule has 148 valence electrons. The van der Waals surface area contributed by atoms with Crippen LogP contribution < -0.4 is 11.5 Å². The molecule has 3 heterocycles. The number of rotatable bonds is 7. The number of anilines is 1. The molecule has 0 saturated carbocycles. The van der Waals surface area contributed by atoms with Crippen molar-refractivity contribution < 1.29 is 24.9 Å². The first-order chi connectivity index (χ1) is 12.8. The van der Waals surface area contributed by atoms with Crippen molar-refractivity contribution in [2.45, 2.75) is 37.0 Å². The first-order valence-electron chi connectivity index (χ1n) is 8.31. The van der Waals surface area contributed by atoms with Crippen molar-refractivity contribution in [1.29, 1.82) is 0 Å². The summed E-state index contributed by atoms with van der Waals surface area (Å²) in [5, 5.41) is 29.7. The standard InChI is InChI=1S/C15H22N6O5S/c1-27(3-2-7(16)15(24)25)4-8-10(22)11(23)14(26-8)21-6-20-9-12(17)18-5-19-13(9)21/h5-8,10-11,14,22-23H,2-4,16H2,1H3,(H2-,17,18,19,24,25)/p+1/t7-,8+,10+,11+,14+,27-/m0/s1. The number of carboxylic acids is 1. The van der Waals surface area contributed by atoms with E-state index in [-0.39, 0.29) is 16.7 Å². The molecule has 3 rings (SSSR count). The third-order valence-corrected chi connectivity index (χ3v) is 6.37. The van der Waals surface area contributed by atoms with E-state index in [2.05, 4.69) is 15.0 Å². The summed E-state index contributed by atoms with van der Waals surface area (Å²) < 4.78 is 7.41. The van der Waals surface area contributed by atoms with Crippen molar-refractivity contribution in [1.82, 2.24) is 19.5 Å². The lowest BCUT2D eigenvalue weighted by molar-refractivity contribution is -0.138. The molecule has 6 atom stereocenters. The number of aliphatic hydroxyl groups is 2. The molecule has 12 heteroatoms. The van der Waals surface area contributed by atoms with E-state index in [1.807, 2.05) is 6.26 Å². The van der Waals surface area contributed by atoms with Crippen LogP contribution in [0.4, 0.5) is 5.82 Å². The molecule has 2 aromatic rings. The van der Waals surface area contributed by atoms with Crippen molar-refractivity contribution in [3.05, 3.63) is 12.7 Å². The molecule has 7 N–H and O–H groups in total. The molecule has 1 saturated heterocycles. The second kappa shape index (κ2) is 7.94. The highest BCUT2D eigenvalue weighted by molar-refractivity contribution is 7.96. The average Bonchev–Trinajstić information content (AvgIpc) is 3.17. The summed E-state index contributed by atoms with van der Waals surface area (Å²) in [7, 11) is -0.235. The van der Waals surface area contributed by atoms with Gasteiger partial charge < -0.3 is 31.5 Å². The molecule has 11 nitrogen and oxygen atoms in total. The number of aliphatic carboxylic acids is 1. The van der Waals surface area contributed by atoms with Crippen molar-refractivity contribution >= 4 is 33.8 Å². The maximum atomic E-state index is 10.8. The van der Waals surface area contributed by atoms with E-state index >= 15 is 0 Å². The highest BCUT2D eigenvalue weighted by Crippen LogP contribution is 2.32. The Balaban J connectivity index is 1.68. The summed E-state index contributed by atoms with van der Waals surface area (Å²) >= 11 is 0. The lowest BCUT2D eigenvalue weighted by atomic mass is 10.1.